The Morgan fingerprint density at radius 3 is 2.26 bits per heavy atom. The van der Waals surface area contributed by atoms with Crippen LogP contribution >= 0.6 is 0 Å². The van der Waals surface area contributed by atoms with Gasteiger partial charge in [-0.1, -0.05) is 19.3 Å². The lowest BCUT2D eigenvalue weighted by atomic mass is 9.74. The van der Waals surface area contributed by atoms with Gasteiger partial charge in [-0.3, -0.25) is 9.59 Å². The molecule has 1 aliphatic rings. The maximum Gasteiger partial charge on any atom is 0.314 e. The van der Waals surface area contributed by atoms with Gasteiger partial charge in [0.15, 0.2) is 0 Å². The second kappa shape index (κ2) is 6.96. The van der Waals surface area contributed by atoms with Crippen molar-refractivity contribution in [1.82, 2.24) is 10.6 Å². The topological polar surface area (TPSA) is 122 Å². The third-order valence-corrected chi connectivity index (χ3v) is 3.51. The molecular formula is C12H21N3O4. The second-order valence-corrected chi connectivity index (χ2v) is 4.97. The first kappa shape index (κ1) is 15.3. The molecule has 7 heteroatoms. The van der Waals surface area contributed by atoms with E-state index in [9.17, 15) is 19.5 Å². The van der Waals surface area contributed by atoms with E-state index in [1.165, 1.54) is 0 Å². The summed E-state index contributed by atoms with van der Waals surface area (Å²) in [6, 6.07) is -0.465. The normalized spacial score (nSPS) is 17.5. The van der Waals surface area contributed by atoms with Crippen molar-refractivity contribution in [2.24, 2.45) is 11.1 Å². The van der Waals surface area contributed by atoms with E-state index in [1.54, 1.807) is 0 Å². The number of carboxylic acid groups (broad SMARTS) is 1. The first-order chi connectivity index (χ1) is 8.96. The van der Waals surface area contributed by atoms with Gasteiger partial charge in [0.1, 0.15) is 0 Å². The van der Waals surface area contributed by atoms with Gasteiger partial charge in [0.25, 0.3) is 0 Å². The summed E-state index contributed by atoms with van der Waals surface area (Å²) < 4.78 is 0. The predicted octanol–water partition coefficient (Wildman–Crippen LogP) is 0.196. The first-order valence-corrected chi connectivity index (χ1v) is 6.50. The van der Waals surface area contributed by atoms with Crippen molar-refractivity contribution in [3.05, 3.63) is 0 Å². The van der Waals surface area contributed by atoms with Gasteiger partial charge in [0, 0.05) is 19.5 Å². The van der Waals surface area contributed by atoms with Gasteiger partial charge in [-0.25, -0.2) is 4.79 Å². The van der Waals surface area contributed by atoms with Gasteiger partial charge in [-0.2, -0.15) is 0 Å². The monoisotopic (exact) mass is 271 g/mol. The Labute approximate surface area is 111 Å². The highest BCUT2D eigenvalue weighted by Crippen LogP contribution is 2.35. The molecule has 0 radical (unpaired) electrons. The molecule has 0 aromatic heterocycles. The Balaban J connectivity index is 2.37. The molecule has 0 aromatic carbocycles. The third-order valence-electron chi connectivity index (χ3n) is 3.51. The van der Waals surface area contributed by atoms with Crippen molar-refractivity contribution in [3.63, 3.8) is 0 Å². The van der Waals surface area contributed by atoms with Gasteiger partial charge in [-0.05, 0) is 12.8 Å². The molecule has 108 valence electrons. The van der Waals surface area contributed by atoms with Crippen molar-refractivity contribution < 1.29 is 19.5 Å². The fraction of sp³-hybridized carbons (Fsp3) is 0.750. The minimum atomic E-state index is -0.857. The Morgan fingerprint density at radius 2 is 1.74 bits per heavy atom. The lowest BCUT2D eigenvalue weighted by molar-refractivity contribution is -0.150. The molecule has 0 atom stereocenters. The van der Waals surface area contributed by atoms with Crippen LogP contribution in [0.25, 0.3) is 0 Å². The zero-order valence-electron chi connectivity index (χ0n) is 10.9. The van der Waals surface area contributed by atoms with Gasteiger partial charge in [0.05, 0.1) is 5.41 Å². The van der Waals surface area contributed by atoms with E-state index in [2.05, 4.69) is 10.6 Å². The average Bonchev–Trinajstić information content (AvgIpc) is 2.37. The van der Waals surface area contributed by atoms with Crippen molar-refractivity contribution in [1.29, 1.82) is 0 Å². The molecule has 0 heterocycles. The van der Waals surface area contributed by atoms with Crippen LogP contribution in [0.3, 0.4) is 0 Å². The molecule has 1 rings (SSSR count). The summed E-state index contributed by atoms with van der Waals surface area (Å²) in [5.41, 5.74) is 4.09. The minimum absolute atomic E-state index is 0.0670. The molecule has 1 saturated carbocycles. The SMILES string of the molecule is NC(=O)CCNC(=O)NCC1(C(=O)O)CCCCC1. The molecule has 0 bridgehead atoms. The highest BCUT2D eigenvalue weighted by atomic mass is 16.4. The summed E-state index contributed by atoms with van der Waals surface area (Å²) in [5.74, 6) is -1.35. The second-order valence-electron chi connectivity index (χ2n) is 4.97. The number of hydrogen-bond acceptors (Lipinski definition) is 3. The predicted molar refractivity (Wildman–Crippen MR) is 68.4 cm³/mol. The molecule has 7 nitrogen and oxygen atoms in total. The fourth-order valence-electron chi connectivity index (χ4n) is 2.31. The molecule has 3 amide bonds. The fourth-order valence-corrected chi connectivity index (χ4v) is 2.31. The van der Waals surface area contributed by atoms with Crippen LogP contribution in [0.2, 0.25) is 0 Å². The van der Waals surface area contributed by atoms with Crippen LogP contribution in [0.1, 0.15) is 38.5 Å². The highest BCUT2D eigenvalue weighted by Gasteiger charge is 2.39. The molecule has 19 heavy (non-hydrogen) atoms. The van der Waals surface area contributed by atoms with E-state index in [-0.39, 0.29) is 19.5 Å². The molecule has 0 aromatic rings. The summed E-state index contributed by atoms with van der Waals surface area (Å²) in [4.78, 5) is 33.3. The Morgan fingerprint density at radius 1 is 1.11 bits per heavy atom. The lowest BCUT2D eigenvalue weighted by Crippen LogP contribution is -2.47. The van der Waals surface area contributed by atoms with Crippen LogP contribution in [-0.2, 0) is 9.59 Å². The number of nitrogens with one attached hydrogen (secondary N) is 2. The number of amides is 3. The smallest absolute Gasteiger partial charge is 0.314 e. The van der Waals surface area contributed by atoms with Crippen LogP contribution in [0.15, 0.2) is 0 Å². The highest BCUT2D eigenvalue weighted by molar-refractivity contribution is 5.79. The van der Waals surface area contributed by atoms with Gasteiger partial charge in [-0.15, -0.1) is 0 Å². The van der Waals surface area contributed by atoms with Crippen LogP contribution in [0, 0.1) is 5.41 Å². The van der Waals surface area contributed by atoms with E-state index in [1.807, 2.05) is 0 Å². The summed E-state index contributed by atoms with van der Waals surface area (Å²) in [6.07, 6.45) is 4.03. The number of nitrogens with two attached hydrogens (primary N) is 1. The number of urea groups is 1. The van der Waals surface area contributed by atoms with Crippen LogP contribution < -0.4 is 16.4 Å². The molecule has 5 N–H and O–H groups in total. The van der Waals surface area contributed by atoms with E-state index in [0.29, 0.717) is 12.8 Å². The Bertz CT molecular complexity index is 351. The number of aliphatic carboxylic acids is 1. The van der Waals surface area contributed by atoms with Gasteiger partial charge < -0.3 is 21.5 Å². The molecule has 0 saturated heterocycles. The van der Waals surface area contributed by atoms with Gasteiger partial charge >= 0.3 is 12.0 Å². The van der Waals surface area contributed by atoms with E-state index in [4.69, 9.17) is 5.73 Å². The first-order valence-electron chi connectivity index (χ1n) is 6.50. The van der Waals surface area contributed by atoms with Crippen LogP contribution in [0.4, 0.5) is 4.79 Å². The molecule has 0 spiro atoms. The van der Waals surface area contributed by atoms with Gasteiger partial charge in [0.2, 0.25) is 5.91 Å². The Hall–Kier alpha value is -1.79. The number of hydrogen-bond donors (Lipinski definition) is 4. The summed E-state index contributed by atoms with van der Waals surface area (Å²) >= 11 is 0. The van der Waals surface area contributed by atoms with Crippen LogP contribution in [0.5, 0.6) is 0 Å². The molecule has 0 aliphatic heterocycles. The summed E-state index contributed by atoms with van der Waals surface area (Å²) in [7, 11) is 0. The summed E-state index contributed by atoms with van der Waals surface area (Å²) in [6.45, 7) is 0.270. The largest absolute Gasteiger partial charge is 0.481 e. The standard InChI is InChI=1S/C12H21N3O4/c13-9(16)4-7-14-11(19)15-8-12(10(17)18)5-2-1-3-6-12/h1-8H2,(H2,13,16)(H,17,18)(H2,14,15,19). The molecule has 0 unspecified atom stereocenters. The lowest BCUT2D eigenvalue weighted by Gasteiger charge is -2.33. The zero-order valence-corrected chi connectivity index (χ0v) is 10.9. The number of carboxylic acids is 1. The summed E-state index contributed by atoms with van der Waals surface area (Å²) in [5, 5.41) is 14.3. The quantitative estimate of drug-likeness (QED) is 0.551. The molecule has 1 aliphatic carbocycles. The van der Waals surface area contributed by atoms with E-state index >= 15 is 0 Å². The maximum atomic E-state index is 11.5. The van der Waals surface area contributed by atoms with Crippen molar-refractivity contribution in [3.8, 4) is 0 Å². The number of carbonyl (C=O) groups is 3. The third kappa shape index (κ3) is 4.76. The van der Waals surface area contributed by atoms with E-state index < -0.39 is 23.3 Å². The number of primary amides is 1. The minimum Gasteiger partial charge on any atom is -0.481 e. The number of carbonyl (C=O) groups excluding carboxylic acids is 2. The Kier molecular flexibility index (Phi) is 5.59. The average molecular weight is 271 g/mol. The maximum absolute atomic E-state index is 11.5. The van der Waals surface area contributed by atoms with Crippen molar-refractivity contribution >= 4 is 17.9 Å². The number of rotatable bonds is 6. The zero-order chi connectivity index (χ0) is 14.3. The molecule has 1 fully saturated rings. The molecular weight excluding hydrogens is 250 g/mol. The van der Waals surface area contributed by atoms with E-state index in [0.717, 1.165) is 19.3 Å². The van der Waals surface area contributed by atoms with Crippen molar-refractivity contribution in [2.45, 2.75) is 38.5 Å². The van der Waals surface area contributed by atoms with Crippen LogP contribution in [-0.4, -0.2) is 36.1 Å². The van der Waals surface area contributed by atoms with Crippen molar-refractivity contribution in [2.75, 3.05) is 13.1 Å².